The lowest BCUT2D eigenvalue weighted by Gasteiger charge is -2.11. The zero-order valence-electron chi connectivity index (χ0n) is 15.4. The third kappa shape index (κ3) is 7.50. The van der Waals surface area contributed by atoms with Crippen molar-refractivity contribution in [1.29, 1.82) is 0 Å². The average molecular weight is 462 g/mol. The summed E-state index contributed by atoms with van der Waals surface area (Å²) in [5, 5.41) is 2.42. The quantitative estimate of drug-likeness (QED) is 0.362. The van der Waals surface area contributed by atoms with Crippen molar-refractivity contribution >= 4 is 51.2 Å². The van der Waals surface area contributed by atoms with Gasteiger partial charge in [0.25, 0.3) is 5.91 Å². The third-order valence-electron chi connectivity index (χ3n) is 3.56. The third-order valence-corrected chi connectivity index (χ3v) is 4.65. The molecule has 0 aliphatic carbocycles. The van der Waals surface area contributed by atoms with Gasteiger partial charge >= 0.3 is 0 Å². The molecular formula is C20H20BrN3O3S. The van der Waals surface area contributed by atoms with Crippen molar-refractivity contribution in [3.63, 3.8) is 0 Å². The first-order valence-corrected chi connectivity index (χ1v) is 9.57. The first kappa shape index (κ1) is 21.6. The minimum Gasteiger partial charge on any atom is -0.484 e. The number of carbonyl (C=O) groups is 2. The Bertz CT molecular complexity index is 898. The number of hydrazine groups is 1. The molecular weight excluding hydrogens is 442 g/mol. The Balaban J connectivity index is 1.70. The van der Waals surface area contributed by atoms with Crippen molar-refractivity contribution in [3.8, 4) is 5.75 Å². The lowest BCUT2D eigenvalue weighted by Crippen LogP contribution is -2.49. The van der Waals surface area contributed by atoms with E-state index in [1.165, 1.54) is 6.08 Å². The zero-order chi connectivity index (χ0) is 20.5. The predicted octanol–water partition coefficient (Wildman–Crippen LogP) is 3.18. The molecule has 0 unspecified atom stereocenters. The smallest absolute Gasteiger partial charge is 0.276 e. The molecule has 2 rings (SSSR count). The summed E-state index contributed by atoms with van der Waals surface area (Å²) in [6, 6.07) is 13.1. The van der Waals surface area contributed by atoms with E-state index in [0.29, 0.717) is 5.75 Å². The highest BCUT2D eigenvalue weighted by molar-refractivity contribution is 9.10. The Hall–Kier alpha value is -2.71. The first-order chi connectivity index (χ1) is 13.3. The van der Waals surface area contributed by atoms with Crippen molar-refractivity contribution in [3.05, 3.63) is 69.7 Å². The minimum absolute atomic E-state index is 0.0219. The van der Waals surface area contributed by atoms with Crippen LogP contribution in [0.1, 0.15) is 16.7 Å². The van der Waals surface area contributed by atoms with Crippen LogP contribution in [0, 0.1) is 13.8 Å². The molecule has 0 spiro atoms. The van der Waals surface area contributed by atoms with Crippen molar-refractivity contribution in [1.82, 2.24) is 16.2 Å². The van der Waals surface area contributed by atoms with E-state index in [0.717, 1.165) is 21.2 Å². The number of carbonyl (C=O) groups excluding carboxylic acids is 2. The Kier molecular flexibility index (Phi) is 8.16. The maximum Gasteiger partial charge on any atom is 0.276 e. The van der Waals surface area contributed by atoms with Gasteiger partial charge in [0, 0.05) is 10.5 Å². The van der Waals surface area contributed by atoms with Crippen LogP contribution >= 0.6 is 28.1 Å². The Labute approximate surface area is 177 Å². The molecule has 146 valence electrons. The number of ether oxygens (including phenoxy) is 1. The number of halogens is 1. The predicted molar refractivity (Wildman–Crippen MR) is 117 cm³/mol. The molecule has 0 radical (unpaired) electrons. The molecule has 6 nitrogen and oxygen atoms in total. The molecule has 0 heterocycles. The highest BCUT2D eigenvalue weighted by Crippen LogP contribution is 2.21. The van der Waals surface area contributed by atoms with Crippen LogP contribution in [0.2, 0.25) is 0 Å². The number of hydrogen-bond donors (Lipinski definition) is 3. The number of benzene rings is 2. The molecule has 2 aromatic carbocycles. The SMILES string of the molecule is Cc1ccc(C=CC(=O)NC(=S)NNC(=O)COc2ccc(Br)c(C)c2)cc1. The molecule has 0 atom stereocenters. The first-order valence-electron chi connectivity index (χ1n) is 8.37. The molecule has 3 N–H and O–H groups in total. The van der Waals surface area contributed by atoms with E-state index in [1.54, 1.807) is 12.1 Å². The fraction of sp³-hybridized carbons (Fsp3) is 0.150. The summed E-state index contributed by atoms with van der Waals surface area (Å²) in [5.41, 5.74) is 7.85. The zero-order valence-corrected chi connectivity index (χ0v) is 17.8. The summed E-state index contributed by atoms with van der Waals surface area (Å²) >= 11 is 8.37. The molecule has 28 heavy (non-hydrogen) atoms. The van der Waals surface area contributed by atoms with Crippen LogP contribution in [-0.4, -0.2) is 23.5 Å². The largest absolute Gasteiger partial charge is 0.484 e. The number of amides is 2. The minimum atomic E-state index is -0.438. The topological polar surface area (TPSA) is 79.5 Å². The van der Waals surface area contributed by atoms with E-state index in [2.05, 4.69) is 32.1 Å². The van der Waals surface area contributed by atoms with Gasteiger partial charge in [0.15, 0.2) is 11.7 Å². The lowest BCUT2D eigenvalue weighted by atomic mass is 10.1. The van der Waals surface area contributed by atoms with Crippen LogP contribution in [-0.2, 0) is 9.59 Å². The molecule has 2 aromatic rings. The van der Waals surface area contributed by atoms with E-state index in [9.17, 15) is 9.59 Å². The van der Waals surface area contributed by atoms with E-state index >= 15 is 0 Å². The van der Waals surface area contributed by atoms with Gasteiger partial charge in [0.1, 0.15) is 5.75 Å². The lowest BCUT2D eigenvalue weighted by molar-refractivity contribution is -0.123. The van der Waals surface area contributed by atoms with Gasteiger partial charge in [0.2, 0.25) is 5.91 Å². The number of hydrogen-bond acceptors (Lipinski definition) is 4. The van der Waals surface area contributed by atoms with Crippen molar-refractivity contribution in [2.75, 3.05) is 6.61 Å². The summed E-state index contributed by atoms with van der Waals surface area (Å²) < 4.78 is 6.36. The molecule has 0 aliphatic heterocycles. The molecule has 2 amide bonds. The second-order valence-electron chi connectivity index (χ2n) is 5.94. The second-order valence-corrected chi connectivity index (χ2v) is 7.20. The van der Waals surface area contributed by atoms with Gasteiger partial charge in [-0.15, -0.1) is 0 Å². The average Bonchev–Trinajstić information content (AvgIpc) is 2.67. The second kappa shape index (κ2) is 10.6. The van der Waals surface area contributed by atoms with E-state index in [1.807, 2.05) is 50.2 Å². The monoisotopic (exact) mass is 461 g/mol. The number of nitrogens with one attached hydrogen (secondary N) is 3. The van der Waals surface area contributed by atoms with Gasteiger partial charge in [-0.25, -0.2) is 0 Å². The molecule has 0 saturated heterocycles. The van der Waals surface area contributed by atoms with E-state index in [-0.39, 0.29) is 11.7 Å². The molecule has 0 fully saturated rings. The van der Waals surface area contributed by atoms with Crippen molar-refractivity contribution in [2.24, 2.45) is 0 Å². The maximum absolute atomic E-state index is 11.8. The van der Waals surface area contributed by atoms with Crippen LogP contribution in [0.4, 0.5) is 0 Å². The number of aryl methyl sites for hydroxylation is 2. The van der Waals surface area contributed by atoms with E-state index < -0.39 is 11.8 Å². The summed E-state index contributed by atoms with van der Waals surface area (Å²) in [7, 11) is 0. The summed E-state index contributed by atoms with van der Waals surface area (Å²) in [6.07, 6.45) is 3.03. The fourth-order valence-corrected chi connectivity index (χ4v) is 2.45. The summed E-state index contributed by atoms with van der Waals surface area (Å²) in [5.74, 6) is -0.269. The van der Waals surface area contributed by atoms with Crippen molar-refractivity contribution < 1.29 is 14.3 Å². The standard InChI is InChI=1S/C20H20BrN3O3S/c1-13-3-5-15(6-4-13)7-10-18(25)22-20(28)24-23-19(26)12-27-16-8-9-17(21)14(2)11-16/h3-11H,12H2,1-2H3,(H,23,26)(H2,22,24,25,28). The molecule has 8 heteroatoms. The van der Waals surface area contributed by atoms with Crippen LogP contribution in [0.3, 0.4) is 0 Å². The van der Waals surface area contributed by atoms with Crippen LogP contribution in [0.15, 0.2) is 53.0 Å². The van der Waals surface area contributed by atoms with Gasteiger partial charge in [-0.05, 0) is 61.5 Å². The highest BCUT2D eigenvalue weighted by atomic mass is 79.9. The molecule has 0 aromatic heterocycles. The summed E-state index contributed by atoms with van der Waals surface area (Å²) in [4.78, 5) is 23.6. The van der Waals surface area contributed by atoms with Gasteiger partial charge in [-0.1, -0.05) is 45.8 Å². The van der Waals surface area contributed by atoms with E-state index in [4.69, 9.17) is 17.0 Å². The molecule has 0 saturated carbocycles. The summed E-state index contributed by atoms with van der Waals surface area (Å²) in [6.45, 7) is 3.72. The van der Waals surface area contributed by atoms with Crippen LogP contribution in [0.5, 0.6) is 5.75 Å². The Morgan fingerprint density at radius 3 is 2.50 bits per heavy atom. The normalized spacial score (nSPS) is 10.4. The molecule has 0 aliphatic rings. The highest BCUT2D eigenvalue weighted by Gasteiger charge is 2.06. The van der Waals surface area contributed by atoms with Gasteiger partial charge in [0.05, 0.1) is 0 Å². The van der Waals surface area contributed by atoms with Crippen LogP contribution in [0.25, 0.3) is 6.08 Å². The van der Waals surface area contributed by atoms with Gasteiger partial charge in [-0.3, -0.25) is 25.8 Å². The Morgan fingerprint density at radius 2 is 1.82 bits per heavy atom. The molecule has 0 bridgehead atoms. The van der Waals surface area contributed by atoms with Crippen LogP contribution < -0.4 is 20.9 Å². The fourth-order valence-electron chi connectivity index (χ4n) is 2.05. The van der Waals surface area contributed by atoms with Gasteiger partial charge in [-0.2, -0.15) is 0 Å². The maximum atomic E-state index is 11.8. The number of rotatable bonds is 5. The number of thiocarbonyl (C=S) groups is 1. The Morgan fingerprint density at radius 1 is 1.11 bits per heavy atom. The van der Waals surface area contributed by atoms with Gasteiger partial charge < -0.3 is 4.74 Å². The van der Waals surface area contributed by atoms with Crippen molar-refractivity contribution in [2.45, 2.75) is 13.8 Å².